The first kappa shape index (κ1) is 19.8. The number of ether oxygens (including phenoxy) is 2. The van der Waals surface area contributed by atoms with E-state index in [0.717, 1.165) is 12.8 Å². The van der Waals surface area contributed by atoms with Gasteiger partial charge >= 0.3 is 0 Å². The van der Waals surface area contributed by atoms with Gasteiger partial charge < -0.3 is 9.47 Å². The zero-order chi connectivity index (χ0) is 18.8. The number of hydrogen-bond acceptors (Lipinski definition) is 5. The lowest BCUT2D eigenvalue weighted by molar-refractivity contribution is 0.272. The van der Waals surface area contributed by atoms with Gasteiger partial charge in [-0.25, -0.2) is 4.83 Å². The molecule has 1 N–H and O–H groups in total. The summed E-state index contributed by atoms with van der Waals surface area (Å²) < 4.78 is 35.6. The monoisotopic (exact) mass is 376 g/mol. The summed E-state index contributed by atoms with van der Waals surface area (Å²) in [5.41, 5.74) is 0.701. The van der Waals surface area contributed by atoms with Gasteiger partial charge in [0.2, 0.25) is 0 Å². The molecule has 0 unspecified atom stereocenters. The molecule has 26 heavy (non-hydrogen) atoms. The lowest BCUT2D eigenvalue weighted by Crippen LogP contribution is -2.18. The maximum atomic E-state index is 12.1. The van der Waals surface area contributed by atoms with Crippen LogP contribution in [0.2, 0.25) is 0 Å². The highest BCUT2D eigenvalue weighted by atomic mass is 32.2. The molecule has 0 heterocycles. The van der Waals surface area contributed by atoms with Crippen LogP contribution in [0.5, 0.6) is 11.5 Å². The molecule has 2 aromatic carbocycles. The fourth-order valence-corrected chi connectivity index (χ4v) is 2.95. The van der Waals surface area contributed by atoms with Crippen molar-refractivity contribution in [2.24, 2.45) is 5.10 Å². The van der Waals surface area contributed by atoms with E-state index in [1.165, 1.54) is 18.3 Å². The molecule has 6 nitrogen and oxygen atoms in total. The van der Waals surface area contributed by atoms with Crippen LogP contribution in [0.15, 0.2) is 58.5 Å². The Balaban J connectivity index is 2.08. The quantitative estimate of drug-likeness (QED) is 0.391. The van der Waals surface area contributed by atoms with Gasteiger partial charge in [-0.1, -0.05) is 31.5 Å². The Hall–Kier alpha value is -2.54. The highest BCUT2D eigenvalue weighted by Gasteiger charge is 2.11. The molecule has 0 radical (unpaired) electrons. The second-order valence-corrected chi connectivity index (χ2v) is 7.17. The third-order valence-electron chi connectivity index (χ3n) is 3.46. The molecule has 2 aromatic rings. The Morgan fingerprint density at radius 3 is 2.50 bits per heavy atom. The van der Waals surface area contributed by atoms with Gasteiger partial charge in [0.25, 0.3) is 10.0 Å². The van der Waals surface area contributed by atoms with E-state index in [0.29, 0.717) is 30.3 Å². The van der Waals surface area contributed by atoms with E-state index in [1.54, 1.807) is 36.4 Å². The van der Waals surface area contributed by atoms with E-state index in [2.05, 4.69) is 16.9 Å². The van der Waals surface area contributed by atoms with Gasteiger partial charge in [0.1, 0.15) is 0 Å². The molecule has 0 atom stereocenters. The molecule has 0 aliphatic heterocycles. The highest BCUT2D eigenvalue weighted by molar-refractivity contribution is 7.89. The smallest absolute Gasteiger partial charge is 0.276 e. The van der Waals surface area contributed by atoms with Crippen molar-refractivity contribution in [2.75, 3.05) is 13.2 Å². The van der Waals surface area contributed by atoms with Gasteiger partial charge in [-0.2, -0.15) is 13.5 Å². The summed E-state index contributed by atoms with van der Waals surface area (Å²) in [6.07, 6.45) is 3.45. The van der Waals surface area contributed by atoms with Crippen LogP contribution in [0.1, 0.15) is 32.3 Å². The first-order chi connectivity index (χ1) is 12.6. The minimum absolute atomic E-state index is 0.159. The Labute approximate surface area is 154 Å². The molecule has 0 spiro atoms. The largest absolute Gasteiger partial charge is 0.490 e. The predicted molar refractivity (Wildman–Crippen MR) is 102 cm³/mol. The van der Waals surface area contributed by atoms with Crippen LogP contribution in [0.4, 0.5) is 0 Å². The van der Waals surface area contributed by atoms with Crippen molar-refractivity contribution in [1.29, 1.82) is 0 Å². The minimum atomic E-state index is -3.68. The summed E-state index contributed by atoms with van der Waals surface area (Å²) >= 11 is 0. The average molecular weight is 376 g/mol. The van der Waals surface area contributed by atoms with Gasteiger partial charge in [0.15, 0.2) is 11.5 Å². The molecular weight excluding hydrogens is 352 g/mol. The number of hydrogen-bond donors (Lipinski definition) is 1. The van der Waals surface area contributed by atoms with Gasteiger partial charge in [0, 0.05) is 0 Å². The number of rotatable bonds is 10. The normalized spacial score (nSPS) is 11.5. The van der Waals surface area contributed by atoms with Crippen molar-refractivity contribution in [2.45, 2.75) is 31.6 Å². The maximum absolute atomic E-state index is 12.1. The maximum Gasteiger partial charge on any atom is 0.276 e. The van der Waals surface area contributed by atoms with Crippen molar-refractivity contribution in [3.63, 3.8) is 0 Å². The average Bonchev–Trinajstić information content (AvgIpc) is 2.64. The van der Waals surface area contributed by atoms with Crippen LogP contribution in [-0.2, 0) is 10.0 Å². The molecular formula is C19H24N2O4S. The van der Waals surface area contributed by atoms with Crippen LogP contribution in [0.25, 0.3) is 0 Å². The lowest BCUT2D eigenvalue weighted by atomic mass is 10.2. The zero-order valence-electron chi connectivity index (χ0n) is 15.0. The molecule has 0 aliphatic rings. The van der Waals surface area contributed by atoms with Crippen LogP contribution in [0, 0.1) is 0 Å². The van der Waals surface area contributed by atoms with Crippen molar-refractivity contribution in [3.8, 4) is 11.5 Å². The highest BCUT2D eigenvalue weighted by Crippen LogP contribution is 2.28. The van der Waals surface area contributed by atoms with Crippen LogP contribution < -0.4 is 14.3 Å². The van der Waals surface area contributed by atoms with Crippen LogP contribution in [-0.4, -0.2) is 27.8 Å². The summed E-state index contributed by atoms with van der Waals surface area (Å²) in [5, 5.41) is 3.84. The second kappa shape index (κ2) is 9.82. The summed E-state index contributed by atoms with van der Waals surface area (Å²) in [6, 6.07) is 13.4. The summed E-state index contributed by atoms with van der Waals surface area (Å²) in [7, 11) is -3.68. The molecule has 0 bridgehead atoms. The molecule has 0 aliphatic carbocycles. The Kier molecular flexibility index (Phi) is 7.47. The molecule has 0 saturated carbocycles. The van der Waals surface area contributed by atoms with E-state index in [1.807, 2.05) is 6.92 Å². The van der Waals surface area contributed by atoms with E-state index < -0.39 is 10.0 Å². The number of hydrazone groups is 1. The van der Waals surface area contributed by atoms with E-state index >= 15 is 0 Å². The number of nitrogens with zero attached hydrogens (tertiary/aromatic N) is 1. The molecule has 0 saturated heterocycles. The summed E-state index contributed by atoms with van der Waals surface area (Å²) in [5.74, 6) is 1.28. The van der Waals surface area contributed by atoms with Gasteiger partial charge in [0.05, 0.1) is 24.3 Å². The summed E-state index contributed by atoms with van der Waals surface area (Å²) in [6.45, 7) is 5.12. The molecule has 2 rings (SSSR count). The number of unbranched alkanes of at least 4 members (excludes halogenated alkanes) is 1. The Bertz CT molecular complexity index is 821. The fraction of sp³-hybridized carbons (Fsp3) is 0.316. The Morgan fingerprint density at radius 1 is 1.04 bits per heavy atom. The molecule has 140 valence electrons. The lowest BCUT2D eigenvalue weighted by Gasteiger charge is -2.12. The summed E-state index contributed by atoms with van der Waals surface area (Å²) in [4.78, 5) is 2.36. The third kappa shape index (κ3) is 5.77. The molecule has 0 amide bonds. The molecule has 0 aromatic heterocycles. The van der Waals surface area contributed by atoms with Crippen molar-refractivity contribution in [1.82, 2.24) is 4.83 Å². The third-order valence-corrected chi connectivity index (χ3v) is 4.70. The van der Waals surface area contributed by atoms with Crippen molar-refractivity contribution in [3.05, 3.63) is 54.1 Å². The van der Waals surface area contributed by atoms with E-state index in [9.17, 15) is 8.42 Å². The topological polar surface area (TPSA) is 77.0 Å². The van der Waals surface area contributed by atoms with Crippen molar-refractivity contribution >= 4 is 16.2 Å². The number of nitrogens with one attached hydrogen (secondary N) is 1. The zero-order valence-corrected chi connectivity index (χ0v) is 15.8. The number of benzene rings is 2. The molecule has 0 fully saturated rings. The Morgan fingerprint density at radius 2 is 1.81 bits per heavy atom. The number of sulfonamides is 1. The standard InChI is InChI=1S/C19H24N2O4S/c1-3-5-13-25-18-12-11-16(14-19(18)24-4-2)15-20-21-26(22,23)17-9-7-6-8-10-17/h6-12,14-15,21H,3-5,13H2,1-2H3/b20-15+. The minimum Gasteiger partial charge on any atom is -0.490 e. The van der Waals surface area contributed by atoms with Crippen molar-refractivity contribution < 1.29 is 17.9 Å². The van der Waals surface area contributed by atoms with Gasteiger partial charge in [-0.15, -0.1) is 0 Å². The van der Waals surface area contributed by atoms with Gasteiger partial charge in [-0.3, -0.25) is 0 Å². The van der Waals surface area contributed by atoms with Gasteiger partial charge in [-0.05, 0) is 49.2 Å². The first-order valence-corrected chi connectivity index (χ1v) is 10.0. The second-order valence-electron chi connectivity index (χ2n) is 5.51. The van der Waals surface area contributed by atoms with E-state index in [4.69, 9.17) is 9.47 Å². The predicted octanol–water partition coefficient (Wildman–Crippen LogP) is 3.58. The van der Waals surface area contributed by atoms with Crippen LogP contribution in [0.3, 0.4) is 0 Å². The first-order valence-electron chi connectivity index (χ1n) is 8.56. The fourth-order valence-electron chi connectivity index (χ4n) is 2.14. The SMILES string of the molecule is CCCCOc1ccc(/C=N/NS(=O)(=O)c2ccccc2)cc1OCC. The van der Waals surface area contributed by atoms with Crippen LogP contribution >= 0.6 is 0 Å². The van der Waals surface area contributed by atoms with E-state index in [-0.39, 0.29) is 4.90 Å². The molecule has 7 heteroatoms.